The Hall–Kier alpha value is -2.76. The molecule has 0 fully saturated rings. The van der Waals surface area contributed by atoms with Crippen LogP contribution in [0.4, 0.5) is 8.78 Å². The molecule has 0 heterocycles. The molecule has 2 rings (SSSR count). The molecule has 0 saturated carbocycles. The highest BCUT2D eigenvalue weighted by atomic mass is 19.2. The molecule has 138 valence electrons. The van der Waals surface area contributed by atoms with Gasteiger partial charge in [-0.1, -0.05) is 44.2 Å². The smallest absolute Gasteiger partial charge is 0.338 e. The number of carbonyl (C=O) groups is 2. The average molecular weight is 361 g/mol. The fraction of sp³-hybridized carbons (Fsp3) is 0.300. The standard InChI is InChI=1S/C20H21F2NO3/c1-13(2)10-18(14-6-4-3-5-7-14)23-19(24)12-26-20(25)15-8-9-16(21)17(22)11-15/h3-9,11,13,18H,10,12H2,1-2H3,(H,23,24). The molecule has 26 heavy (non-hydrogen) atoms. The third-order valence-corrected chi connectivity index (χ3v) is 3.73. The first-order valence-electron chi connectivity index (χ1n) is 8.33. The molecule has 1 atom stereocenters. The van der Waals surface area contributed by atoms with Gasteiger partial charge >= 0.3 is 5.97 Å². The zero-order valence-corrected chi connectivity index (χ0v) is 14.7. The van der Waals surface area contributed by atoms with E-state index in [4.69, 9.17) is 4.74 Å². The van der Waals surface area contributed by atoms with Gasteiger partial charge in [-0.15, -0.1) is 0 Å². The molecule has 1 amide bonds. The molecular formula is C20H21F2NO3. The van der Waals surface area contributed by atoms with E-state index < -0.39 is 30.1 Å². The Labute approximate surface area is 151 Å². The summed E-state index contributed by atoms with van der Waals surface area (Å²) >= 11 is 0. The SMILES string of the molecule is CC(C)CC(NC(=O)COC(=O)c1ccc(F)c(F)c1)c1ccccc1. The van der Waals surface area contributed by atoms with Crippen molar-refractivity contribution in [2.45, 2.75) is 26.3 Å². The van der Waals surface area contributed by atoms with Gasteiger partial charge in [0.25, 0.3) is 5.91 Å². The number of esters is 1. The minimum Gasteiger partial charge on any atom is -0.452 e. The molecule has 0 radical (unpaired) electrons. The Kier molecular flexibility index (Phi) is 6.83. The molecule has 0 aromatic heterocycles. The fourth-order valence-electron chi connectivity index (χ4n) is 2.51. The second-order valence-electron chi connectivity index (χ2n) is 6.37. The molecule has 4 nitrogen and oxygen atoms in total. The third kappa shape index (κ3) is 5.65. The van der Waals surface area contributed by atoms with Crippen LogP contribution in [0.2, 0.25) is 0 Å². The highest BCUT2D eigenvalue weighted by molar-refractivity contribution is 5.91. The van der Waals surface area contributed by atoms with Gasteiger partial charge in [0, 0.05) is 0 Å². The molecule has 1 N–H and O–H groups in total. The number of benzene rings is 2. The van der Waals surface area contributed by atoms with E-state index in [0.717, 1.165) is 30.2 Å². The number of carbonyl (C=O) groups excluding carboxylic acids is 2. The van der Waals surface area contributed by atoms with Gasteiger partial charge in [0.2, 0.25) is 0 Å². The molecule has 0 aliphatic heterocycles. The van der Waals surface area contributed by atoms with Crippen molar-refractivity contribution in [1.82, 2.24) is 5.32 Å². The first-order valence-corrected chi connectivity index (χ1v) is 8.33. The third-order valence-electron chi connectivity index (χ3n) is 3.73. The van der Waals surface area contributed by atoms with E-state index in [0.29, 0.717) is 5.92 Å². The maximum atomic E-state index is 13.2. The highest BCUT2D eigenvalue weighted by Crippen LogP contribution is 2.21. The molecule has 0 saturated heterocycles. The summed E-state index contributed by atoms with van der Waals surface area (Å²) in [5, 5.41) is 2.84. The van der Waals surface area contributed by atoms with Gasteiger partial charge in [-0.2, -0.15) is 0 Å². The molecule has 6 heteroatoms. The van der Waals surface area contributed by atoms with Crippen LogP contribution in [0.5, 0.6) is 0 Å². The molecule has 0 aliphatic rings. The molecule has 0 aliphatic carbocycles. The van der Waals surface area contributed by atoms with E-state index in [9.17, 15) is 18.4 Å². The second-order valence-corrected chi connectivity index (χ2v) is 6.37. The molecule has 2 aromatic carbocycles. The number of hydrogen-bond acceptors (Lipinski definition) is 3. The lowest BCUT2D eigenvalue weighted by atomic mass is 9.97. The Morgan fingerprint density at radius 2 is 1.73 bits per heavy atom. The van der Waals surface area contributed by atoms with E-state index >= 15 is 0 Å². The monoisotopic (exact) mass is 361 g/mol. The largest absolute Gasteiger partial charge is 0.452 e. The van der Waals surface area contributed by atoms with Crippen LogP contribution in [0.25, 0.3) is 0 Å². The van der Waals surface area contributed by atoms with Crippen molar-refractivity contribution in [2.75, 3.05) is 6.61 Å². The van der Waals surface area contributed by atoms with Crippen LogP contribution in [0.1, 0.15) is 42.2 Å². The molecule has 1 unspecified atom stereocenters. The van der Waals surface area contributed by atoms with Crippen LogP contribution in [-0.2, 0) is 9.53 Å². The summed E-state index contributed by atoms with van der Waals surface area (Å²) in [6, 6.07) is 12.0. The quantitative estimate of drug-likeness (QED) is 0.758. The number of amides is 1. The van der Waals surface area contributed by atoms with Crippen LogP contribution >= 0.6 is 0 Å². The molecule has 0 spiro atoms. The van der Waals surface area contributed by atoms with Crippen LogP contribution in [0.3, 0.4) is 0 Å². The zero-order chi connectivity index (χ0) is 19.1. The number of rotatable bonds is 7. The van der Waals surface area contributed by atoms with Gasteiger partial charge in [0.1, 0.15) is 0 Å². The van der Waals surface area contributed by atoms with Crippen molar-refractivity contribution >= 4 is 11.9 Å². The van der Waals surface area contributed by atoms with Crippen molar-refractivity contribution in [2.24, 2.45) is 5.92 Å². The summed E-state index contributed by atoms with van der Waals surface area (Å²) in [6.45, 7) is 3.59. The van der Waals surface area contributed by atoms with Crippen molar-refractivity contribution in [3.63, 3.8) is 0 Å². The first-order chi connectivity index (χ1) is 12.4. The molecule has 0 bridgehead atoms. The highest BCUT2D eigenvalue weighted by Gasteiger charge is 2.18. The number of hydrogen-bond donors (Lipinski definition) is 1. The Balaban J connectivity index is 1.95. The Morgan fingerprint density at radius 3 is 2.35 bits per heavy atom. The molecular weight excluding hydrogens is 340 g/mol. The van der Waals surface area contributed by atoms with Gasteiger partial charge in [0.15, 0.2) is 18.2 Å². The summed E-state index contributed by atoms with van der Waals surface area (Å²) in [5.41, 5.74) is 0.806. The predicted molar refractivity (Wildman–Crippen MR) is 93.4 cm³/mol. The van der Waals surface area contributed by atoms with Crippen molar-refractivity contribution in [3.8, 4) is 0 Å². The maximum Gasteiger partial charge on any atom is 0.338 e. The predicted octanol–water partition coefficient (Wildman–Crippen LogP) is 4.03. The van der Waals surface area contributed by atoms with Crippen molar-refractivity contribution < 1.29 is 23.1 Å². The first kappa shape index (κ1) is 19.6. The summed E-state index contributed by atoms with van der Waals surface area (Å²) in [6.07, 6.45) is 0.729. The fourth-order valence-corrected chi connectivity index (χ4v) is 2.51. The summed E-state index contributed by atoms with van der Waals surface area (Å²) < 4.78 is 30.9. The van der Waals surface area contributed by atoms with Crippen molar-refractivity contribution in [3.05, 3.63) is 71.3 Å². The van der Waals surface area contributed by atoms with Gasteiger partial charge < -0.3 is 10.1 Å². The Morgan fingerprint density at radius 1 is 1.04 bits per heavy atom. The lowest BCUT2D eigenvalue weighted by Gasteiger charge is -2.21. The number of halogens is 2. The van der Waals surface area contributed by atoms with Crippen LogP contribution in [0, 0.1) is 17.6 Å². The van der Waals surface area contributed by atoms with Crippen molar-refractivity contribution in [1.29, 1.82) is 0 Å². The van der Waals surface area contributed by atoms with Gasteiger partial charge in [-0.3, -0.25) is 4.79 Å². The van der Waals surface area contributed by atoms with E-state index in [1.807, 2.05) is 44.2 Å². The number of nitrogens with one attached hydrogen (secondary N) is 1. The van der Waals surface area contributed by atoms with E-state index in [2.05, 4.69) is 5.32 Å². The average Bonchev–Trinajstić information content (AvgIpc) is 2.62. The van der Waals surface area contributed by atoms with Crippen LogP contribution in [-0.4, -0.2) is 18.5 Å². The minimum atomic E-state index is -1.15. The van der Waals surface area contributed by atoms with Gasteiger partial charge in [-0.25, -0.2) is 13.6 Å². The van der Waals surface area contributed by atoms with E-state index in [1.165, 1.54) is 0 Å². The Bertz CT molecular complexity index is 763. The van der Waals surface area contributed by atoms with E-state index in [1.54, 1.807) is 0 Å². The van der Waals surface area contributed by atoms with Crippen LogP contribution in [0.15, 0.2) is 48.5 Å². The molecule has 2 aromatic rings. The normalized spacial score (nSPS) is 11.9. The summed E-state index contributed by atoms with van der Waals surface area (Å²) in [5.74, 6) is -3.21. The van der Waals surface area contributed by atoms with Gasteiger partial charge in [-0.05, 0) is 36.1 Å². The minimum absolute atomic E-state index is 0.154. The lowest BCUT2D eigenvalue weighted by Crippen LogP contribution is -2.33. The summed E-state index contributed by atoms with van der Waals surface area (Å²) in [4.78, 5) is 24.0. The number of ether oxygens (including phenoxy) is 1. The summed E-state index contributed by atoms with van der Waals surface area (Å²) in [7, 11) is 0. The van der Waals surface area contributed by atoms with Crippen LogP contribution < -0.4 is 5.32 Å². The topological polar surface area (TPSA) is 55.4 Å². The lowest BCUT2D eigenvalue weighted by molar-refractivity contribution is -0.125. The van der Waals surface area contributed by atoms with Gasteiger partial charge in [0.05, 0.1) is 11.6 Å². The maximum absolute atomic E-state index is 13.2. The van der Waals surface area contributed by atoms with E-state index in [-0.39, 0.29) is 11.6 Å². The second kappa shape index (κ2) is 9.08. The zero-order valence-electron chi connectivity index (χ0n) is 14.7.